The molecule has 0 bridgehead atoms. The largest absolute Gasteiger partial charge is 0.573 e. The van der Waals surface area contributed by atoms with Gasteiger partial charge in [-0.25, -0.2) is 4.39 Å². The zero-order valence-corrected chi connectivity index (χ0v) is 7.59. The van der Waals surface area contributed by atoms with Crippen molar-refractivity contribution in [3.63, 3.8) is 0 Å². The van der Waals surface area contributed by atoms with Crippen molar-refractivity contribution >= 4 is 0 Å². The first-order valence-electron chi connectivity index (χ1n) is 4.13. The lowest BCUT2D eigenvalue weighted by molar-refractivity contribution is -0.275. The minimum Gasteiger partial charge on any atom is -0.405 e. The number of hydrogen-bond acceptors (Lipinski definition) is 2. The summed E-state index contributed by atoms with van der Waals surface area (Å²) in [5.41, 5.74) is 4.83. The molecule has 1 aromatic rings. The van der Waals surface area contributed by atoms with Gasteiger partial charge in [0, 0.05) is 12.1 Å². The van der Waals surface area contributed by atoms with Gasteiger partial charge in [-0.3, -0.25) is 0 Å². The van der Waals surface area contributed by atoms with Gasteiger partial charge in [-0.15, -0.1) is 13.2 Å². The van der Waals surface area contributed by atoms with Crippen LogP contribution in [0.3, 0.4) is 0 Å². The van der Waals surface area contributed by atoms with Crippen LogP contribution in [0.1, 0.15) is 11.7 Å². The fourth-order valence-corrected chi connectivity index (χ4v) is 1.08. The monoisotopic (exact) mass is 223 g/mol. The number of halogens is 4. The highest BCUT2D eigenvalue weighted by molar-refractivity contribution is 5.35. The Morgan fingerprint density at radius 1 is 1.27 bits per heavy atom. The SMILES string of the molecule is NCC(F)c1ccccc1OC(F)(F)F. The molecule has 0 saturated heterocycles. The first kappa shape index (κ1) is 11.8. The maximum absolute atomic E-state index is 13.1. The Kier molecular flexibility index (Phi) is 3.52. The lowest BCUT2D eigenvalue weighted by Gasteiger charge is -2.14. The fourth-order valence-electron chi connectivity index (χ4n) is 1.08. The van der Waals surface area contributed by atoms with Gasteiger partial charge in [0.1, 0.15) is 11.9 Å². The highest BCUT2D eigenvalue weighted by Gasteiger charge is 2.32. The van der Waals surface area contributed by atoms with Crippen molar-refractivity contribution in [2.24, 2.45) is 5.73 Å². The maximum atomic E-state index is 13.1. The van der Waals surface area contributed by atoms with Gasteiger partial charge in [-0.2, -0.15) is 0 Å². The molecule has 1 aromatic carbocycles. The van der Waals surface area contributed by atoms with Gasteiger partial charge in [0.05, 0.1) is 0 Å². The minimum absolute atomic E-state index is 0.197. The zero-order chi connectivity index (χ0) is 11.5. The predicted molar refractivity (Wildman–Crippen MR) is 46.0 cm³/mol. The van der Waals surface area contributed by atoms with E-state index in [9.17, 15) is 17.6 Å². The molecular weight excluding hydrogens is 214 g/mol. The lowest BCUT2D eigenvalue weighted by Crippen LogP contribution is -2.19. The summed E-state index contributed by atoms with van der Waals surface area (Å²) >= 11 is 0. The number of benzene rings is 1. The van der Waals surface area contributed by atoms with E-state index in [0.717, 1.165) is 6.07 Å². The third kappa shape index (κ3) is 3.39. The molecule has 0 aliphatic carbocycles. The Hall–Kier alpha value is -1.30. The van der Waals surface area contributed by atoms with Crippen LogP contribution in [0, 0.1) is 0 Å². The summed E-state index contributed by atoms with van der Waals surface area (Å²) < 4.78 is 52.5. The second-order valence-corrected chi connectivity index (χ2v) is 2.79. The highest BCUT2D eigenvalue weighted by atomic mass is 19.4. The van der Waals surface area contributed by atoms with Crippen molar-refractivity contribution in [3.8, 4) is 5.75 Å². The van der Waals surface area contributed by atoms with E-state index in [4.69, 9.17) is 5.73 Å². The lowest BCUT2D eigenvalue weighted by atomic mass is 10.1. The molecule has 84 valence electrons. The summed E-state index contributed by atoms with van der Waals surface area (Å²) in [4.78, 5) is 0. The Morgan fingerprint density at radius 3 is 2.40 bits per heavy atom. The molecule has 0 aliphatic heterocycles. The molecule has 2 N–H and O–H groups in total. The van der Waals surface area contributed by atoms with E-state index < -0.39 is 24.8 Å². The summed E-state index contributed by atoms with van der Waals surface area (Å²) in [5, 5.41) is 0. The van der Waals surface area contributed by atoms with Crippen molar-refractivity contribution in [2.75, 3.05) is 6.54 Å². The Labute approximate surface area is 83.6 Å². The van der Waals surface area contributed by atoms with Gasteiger partial charge < -0.3 is 10.5 Å². The van der Waals surface area contributed by atoms with E-state index in [-0.39, 0.29) is 5.56 Å². The molecule has 0 amide bonds. The van der Waals surface area contributed by atoms with Gasteiger partial charge in [-0.1, -0.05) is 18.2 Å². The summed E-state index contributed by atoms with van der Waals surface area (Å²) in [7, 11) is 0. The molecule has 1 unspecified atom stereocenters. The van der Waals surface area contributed by atoms with E-state index in [1.807, 2.05) is 0 Å². The van der Waals surface area contributed by atoms with Crippen LogP contribution >= 0.6 is 0 Å². The number of ether oxygens (including phenoxy) is 1. The molecule has 0 spiro atoms. The molecule has 1 rings (SSSR count). The van der Waals surface area contributed by atoms with Crippen molar-refractivity contribution in [1.82, 2.24) is 0 Å². The average molecular weight is 223 g/mol. The molecule has 6 heteroatoms. The van der Waals surface area contributed by atoms with Gasteiger partial charge >= 0.3 is 6.36 Å². The molecule has 0 aromatic heterocycles. The van der Waals surface area contributed by atoms with Crippen LogP contribution < -0.4 is 10.5 Å². The summed E-state index contributed by atoms with van der Waals surface area (Å²) in [6.45, 7) is -0.391. The number of para-hydroxylation sites is 1. The van der Waals surface area contributed by atoms with Gasteiger partial charge in [0.25, 0.3) is 0 Å². The van der Waals surface area contributed by atoms with Crippen molar-refractivity contribution in [1.29, 1.82) is 0 Å². The van der Waals surface area contributed by atoms with Crippen LogP contribution in [-0.4, -0.2) is 12.9 Å². The van der Waals surface area contributed by atoms with Crippen LogP contribution in [-0.2, 0) is 0 Å². The van der Waals surface area contributed by atoms with E-state index in [0.29, 0.717) is 0 Å². The molecule has 2 nitrogen and oxygen atoms in total. The normalized spacial score (nSPS) is 13.7. The van der Waals surface area contributed by atoms with E-state index in [1.165, 1.54) is 18.2 Å². The molecule has 15 heavy (non-hydrogen) atoms. The van der Waals surface area contributed by atoms with Crippen molar-refractivity contribution in [2.45, 2.75) is 12.5 Å². The maximum Gasteiger partial charge on any atom is 0.573 e. The summed E-state index contributed by atoms with van der Waals surface area (Å²) in [6.07, 6.45) is -6.49. The zero-order valence-electron chi connectivity index (χ0n) is 7.59. The smallest absolute Gasteiger partial charge is 0.405 e. The van der Waals surface area contributed by atoms with Crippen LogP contribution in [0.2, 0.25) is 0 Å². The highest BCUT2D eigenvalue weighted by Crippen LogP contribution is 2.31. The standard InChI is InChI=1S/C9H9F4NO/c10-7(5-14)6-3-1-2-4-8(6)15-9(11,12)13/h1-4,7H,5,14H2. The third-order valence-corrected chi connectivity index (χ3v) is 1.69. The minimum atomic E-state index is -4.83. The van der Waals surface area contributed by atoms with Crippen LogP contribution in [0.4, 0.5) is 17.6 Å². The van der Waals surface area contributed by atoms with Crippen molar-refractivity contribution in [3.05, 3.63) is 29.8 Å². The Balaban J connectivity index is 2.96. The van der Waals surface area contributed by atoms with E-state index in [1.54, 1.807) is 0 Å². The van der Waals surface area contributed by atoms with Crippen LogP contribution in [0.15, 0.2) is 24.3 Å². The molecule has 0 fully saturated rings. The molecule has 0 heterocycles. The second-order valence-electron chi connectivity index (χ2n) is 2.79. The molecule has 1 atom stereocenters. The number of hydrogen-bond donors (Lipinski definition) is 1. The third-order valence-electron chi connectivity index (χ3n) is 1.69. The van der Waals surface area contributed by atoms with Crippen molar-refractivity contribution < 1.29 is 22.3 Å². The first-order valence-corrected chi connectivity index (χ1v) is 4.13. The summed E-state index contributed by atoms with van der Waals surface area (Å²) in [6, 6.07) is 5.00. The quantitative estimate of drug-likeness (QED) is 0.799. The van der Waals surface area contributed by atoms with Gasteiger partial charge in [-0.05, 0) is 6.07 Å². The van der Waals surface area contributed by atoms with Crippen LogP contribution in [0.25, 0.3) is 0 Å². The summed E-state index contributed by atoms with van der Waals surface area (Å²) in [5.74, 6) is -0.553. The molecule has 0 saturated carbocycles. The first-order chi connectivity index (χ1) is 6.94. The topological polar surface area (TPSA) is 35.2 Å². The van der Waals surface area contributed by atoms with Crippen LogP contribution in [0.5, 0.6) is 5.75 Å². The Bertz CT molecular complexity index is 326. The number of rotatable bonds is 3. The average Bonchev–Trinajstić information content (AvgIpc) is 2.15. The number of nitrogens with two attached hydrogens (primary N) is 1. The molecule has 0 aliphatic rings. The Morgan fingerprint density at radius 2 is 1.87 bits per heavy atom. The molecule has 0 radical (unpaired) electrons. The van der Waals surface area contributed by atoms with E-state index >= 15 is 0 Å². The van der Waals surface area contributed by atoms with Gasteiger partial charge in [0.15, 0.2) is 0 Å². The second kappa shape index (κ2) is 4.48. The molecular formula is C9H9F4NO. The predicted octanol–water partition coefficient (Wildman–Crippen LogP) is 2.55. The fraction of sp³-hybridized carbons (Fsp3) is 0.333. The number of alkyl halides is 4. The van der Waals surface area contributed by atoms with Gasteiger partial charge in [0.2, 0.25) is 0 Å². The van der Waals surface area contributed by atoms with E-state index in [2.05, 4.69) is 4.74 Å².